The number of hydrogen-bond acceptors (Lipinski definition) is 4. The summed E-state index contributed by atoms with van der Waals surface area (Å²) in [6.45, 7) is 0.00588. The zero-order chi connectivity index (χ0) is 14.8. The van der Waals surface area contributed by atoms with Crippen LogP contribution in [0, 0.1) is 0 Å². The van der Waals surface area contributed by atoms with Crippen LogP contribution in [-0.2, 0) is 14.8 Å². The number of sulfonamides is 1. The smallest absolute Gasteiger partial charge is 0.322 e. The molecule has 0 aliphatic carbocycles. The minimum atomic E-state index is -3.74. The first-order valence-electron chi connectivity index (χ1n) is 5.76. The number of rotatable bonds is 5. The second-order valence-corrected chi connectivity index (χ2v) is 6.27. The molecular formula is C11H12ClN3O4S. The molecule has 1 aliphatic heterocycles. The standard InChI is InChI=1S/C11H12ClN3O4S/c12-7-3-1-2-4-9(7)20(18,19)13-6-5-8-10(16)15-11(17)14-8/h1-4,8,13H,5-6H2,(H2,14,15,16,17). The van der Waals surface area contributed by atoms with Crippen LogP contribution < -0.4 is 15.4 Å². The SMILES string of the molecule is O=C1NC(=O)C(CCNS(=O)(=O)c2ccccc2Cl)N1. The molecule has 1 atom stereocenters. The van der Waals surface area contributed by atoms with Crippen LogP contribution in [0.5, 0.6) is 0 Å². The molecule has 7 nitrogen and oxygen atoms in total. The molecule has 0 aromatic heterocycles. The van der Waals surface area contributed by atoms with Crippen molar-refractivity contribution >= 4 is 33.6 Å². The van der Waals surface area contributed by atoms with E-state index in [9.17, 15) is 18.0 Å². The van der Waals surface area contributed by atoms with Gasteiger partial charge in [-0.05, 0) is 18.6 Å². The minimum Gasteiger partial charge on any atom is -0.326 e. The minimum absolute atomic E-state index is 0.00588. The molecule has 0 saturated carbocycles. The summed E-state index contributed by atoms with van der Waals surface area (Å²) in [7, 11) is -3.74. The Hall–Kier alpha value is -1.64. The lowest BCUT2D eigenvalue weighted by Crippen LogP contribution is -2.34. The highest BCUT2D eigenvalue weighted by atomic mass is 35.5. The molecule has 3 amide bonds. The van der Waals surface area contributed by atoms with Crippen molar-refractivity contribution in [1.82, 2.24) is 15.4 Å². The van der Waals surface area contributed by atoms with E-state index in [-0.39, 0.29) is 22.9 Å². The molecule has 1 saturated heterocycles. The van der Waals surface area contributed by atoms with E-state index in [1.165, 1.54) is 12.1 Å². The fourth-order valence-electron chi connectivity index (χ4n) is 1.74. The second-order valence-electron chi connectivity index (χ2n) is 4.13. The summed E-state index contributed by atoms with van der Waals surface area (Å²) in [5.41, 5.74) is 0. The fraction of sp³-hybridized carbons (Fsp3) is 0.273. The van der Waals surface area contributed by atoms with Gasteiger partial charge in [-0.15, -0.1) is 0 Å². The van der Waals surface area contributed by atoms with Gasteiger partial charge in [-0.25, -0.2) is 17.9 Å². The van der Waals surface area contributed by atoms with Crippen molar-refractivity contribution in [2.45, 2.75) is 17.4 Å². The largest absolute Gasteiger partial charge is 0.326 e. The number of carbonyl (C=O) groups excluding carboxylic acids is 2. The van der Waals surface area contributed by atoms with Gasteiger partial charge >= 0.3 is 6.03 Å². The summed E-state index contributed by atoms with van der Waals surface area (Å²) in [5, 5.41) is 4.57. The van der Waals surface area contributed by atoms with Gasteiger partial charge in [0.25, 0.3) is 5.91 Å². The maximum absolute atomic E-state index is 12.0. The molecule has 2 rings (SSSR count). The summed E-state index contributed by atoms with van der Waals surface area (Å²) in [5.74, 6) is -0.466. The van der Waals surface area contributed by atoms with E-state index in [1.54, 1.807) is 12.1 Å². The molecule has 0 radical (unpaired) electrons. The Morgan fingerprint density at radius 1 is 1.25 bits per heavy atom. The zero-order valence-corrected chi connectivity index (χ0v) is 11.8. The molecule has 1 unspecified atom stereocenters. The molecular weight excluding hydrogens is 306 g/mol. The van der Waals surface area contributed by atoms with Gasteiger partial charge in [0.2, 0.25) is 10.0 Å². The summed E-state index contributed by atoms with van der Waals surface area (Å²) in [6.07, 6.45) is 0.154. The van der Waals surface area contributed by atoms with Crippen molar-refractivity contribution in [2.75, 3.05) is 6.54 Å². The number of carbonyl (C=O) groups is 2. The fourth-order valence-corrected chi connectivity index (χ4v) is 3.31. The monoisotopic (exact) mass is 317 g/mol. The molecule has 0 bridgehead atoms. The van der Waals surface area contributed by atoms with Crippen LogP contribution in [-0.4, -0.2) is 32.9 Å². The molecule has 1 aliphatic rings. The normalized spacial score (nSPS) is 18.8. The summed E-state index contributed by atoms with van der Waals surface area (Å²) in [6, 6.07) is 4.74. The van der Waals surface area contributed by atoms with Crippen LogP contribution in [0.4, 0.5) is 4.79 Å². The van der Waals surface area contributed by atoms with E-state index in [2.05, 4.69) is 15.4 Å². The lowest BCUT2D eigenvalue weighted by molar-refractivity contribution is -0.120. The first kappa shape index (κ1) is 14.8. The summed E-state index contributed by atoms with van der Waals surface area (Å²) < 4.78 is 26.3. The maximum Gasteiger partial charge on any atom is 0.322 e. The van der Waals surface area contributed by atoms with Crippen LogP contribution in [0.25, 0.3) is 0 Å². The van der Waals surface area contributed by atoms with Gasteiger partial charge < -0.3 is 5.32 Å². The second kappa shape index (κ2) is 5.78. The highest BCUT2D eigenvalue weighted by molar-refractivity contribution is 7.89. The van der Waals surface area contributed by atoms with Crippen LogP contribution in [0.15, 0.2) is 29.2 Å². The van der Waals surface area contributed by atoms with Crippen LogP contribution in [0.1, 0.15) is 6.42 Å². The number of urea groups is 1. The van der Waals surface area contributed by atoms with Crippen molar-refractivity contribution in [2.24, 2.45) is 0 Å². The third-order valence-corrected chi connectivity index (χ3v) is 4.67. The molecule has 3 N–H and O–H groups in total. The number of imide groups is 1. The Morgan fingerprint density at radius 2 is 1.95 bits per heavy atom. The van der Waals surface area contributed by atoms with Crippen molar-refractivity contribution in [3.8, 4) is 0 Å². The summed E-state index contributed by atoms with van der Waals surface area (Å²) in [4.78, 5) is 22.1. The number of benzene rings is 1. The van der Waals surface area contributed by atoms with Crippen LogP contribution in [0.2, 0.25) is 5.02 Å². The maximum atomic E-state index is 12.0. The highest BCUT2D eigenvalue weighted by Gasteiger charge is 2.29. The molecule has 0 spiro atoms. The first-order chi connectivity index (χ1) is 9.40. The Balaban J connectivity index is 1.95. The van der Waals surface area contributed by atoms with E-state index in [0.717, 1.165) is 0 Å². The van der Waals surface area contributed by atoms with Gasteiger partial charge in [-0.3, -0.25) is 10.1 Å². The first-order valence-corrected chi connectivity index (χ1v) is 7.62. The van der Waals surface area contributed by atoms with Crippen molar-refractivity contribution in [3.05, 3.63) is 29.3 Å². The van der Waals surface area contributed by atoms with Crippen molar-refractivity contribution in [3.63, 3.8) is 0 Å². The quantitative estimate of drug-likeness (QED) is 0.675. The average Bonchev–Trinajstić information content (AvgIpc) is 2.68. The Labute approximate surface area is 120 Å². The Bertz CT molecular complexity index is 647. The molecule has 1 aromatic rings. The average molecular weight is 318 g/mol. The lowest BCUT2D eigenvalue weighted by Gasteiger charge is -2.10. The number of amides is 3. The van der Waals surface area contributed by atoms with Crippen molar-refractivity contribution in [1.29, 1.82) is 0 Å². The number of halogens is 1. The molecule has 1 heterocycles. The Morgan fingerprint density at radius 3 is 2.55 bits per heavy atom. The number of hydrogen-bond donors (Lipinski definition) is 3. The van der Waals surface area contributed by atoms with Gasteiger partial charge in [0.1, 0.15) is 10.9 Å². The molecule has 9 heteroatoms. The van der Waals surface area contributed by atoms with E-state index in [0.29, 0.717) is 0 Å². The van der Waals surface area contributed by atoms with E-state index in [4.69, 9.17) is 11.6 Å². The third kappa shape index (κ3) is 3.27. The van der Waals surface area contributed by atoms with Gasteiger partial charge in [-0.2, -0.15) is 0 Å². The van der Waals surface area contributed by atoms with Gasteiger partial charge in [0.05, 0.1) is 5.02 Å². The summed E-state index contributed by atoms with van der Waals surface area (Å²) >= 11 is 5.82. The molecule has 108 valence electrons. The number of nitrogens with one attached hydrogen (secondary N) is 3. The molecule has 1 fully saturated rings. The topological polar surface area (TPSA) is 104 Å². The van der Waals surface area contributed by atoms with Crippen molar-refractivity contribution < 1.29 is 18.0 Å². The molecule has 1 aromatic carbocycles. The van der Waals surface area contributed by atoms with E-state index in [1.807, 2.05) is 0 Å². The molecule has 20 heavy (non-hydrogen) atoms. The zero-order valence-electron chi connectivity index (χ0n) is 10.2. The van der Waals surface area contributed by atoms with Gasteiger partial charge in [0, 0.05) is 6.54 Å². The van der Waals surface area contributed by atoms with Crippen LogP contribution in [0.3, 0.4) is 0 Å². The highest BCUT2D eigenvalue weighted by Crippen LogP contribution is 2.20. The van der Waals surface area contributed by atoms with E-state index >= 15 is 0 Å². The van der Waals surface area contributed by atoms with Gasteiger partial charge in [0.15, 0.2) is 0 Å². The lowest BCUT2D eigenvalue weighted by atomic mass is 10.2. The predicted molar refractivity (Wildman–Crippen MR) is 71.7 cm³/mol. The van der Waals surface area contributed by atoms with Crippen LogP contribution >= 0.6 is 11.6 Å². The van der Waals surface area contributed by atoms with Gasteiger partial charge in [-0.1, -0.05) is 23.7 Å². The Kier molecular flexibility index (Phi) is 4.26. The van der Waals surface area contributed by atoms with E-state index < -0.39 is 28.0 Å². The third-order valence-electron chi connectivity index (χ3n) is 2.71. The predicted octanol–water partition coefficient (Wildman–Crippen LogP) is 0.216.